The molecule has 3 rings (SSSR count). The van der Waals surface area contributed by atoms with E-state index in [1.54, 1.807) is 23.7 Å². The van der Waals surface area contributed by atoms with Crippen molar-refractivity contribution in [1.29, 1.82) is 0 Å². The van der Waals surface area contributed by atoms with Crippen LogP contribution in [0.15, 0.2) is 41.9 Å². The molecule has 3 aromatic rings. The zero-order chi connectivity index (χ0) is 14.8. The maximum atomic E-state index is 12.3. The number of carbonyl (C=O) groups excluding carboxylic acids is 2. The van der Waals surface area contributed by atoms with Gasteiger partial charge in [-0.1, -0.05) is 18.2 Å². The summed E-state index contributed by atoms with van der Waals surface area (Å²) >= 11 is 1.21. The molecule has 0 saturated carbocycles. The number of esters is 1. The first-order chi connectivity index (χ1) is 10.2. The Hall–Kier alpha value is -2.67. The Labute approximate surface area is 123 Å². The molecule has 0 aliphatic carbocycles. The number of carbonyl (C=O) groups is 2. The van der Waals surface area contributed by atoms with Crippen molar-refractivity contribution in [3.63, 3.8) is 0 Å². The zero-order valence-electron chi connectivity index (χ0n) is 11.1. The molecule has 1 aromatic carbocycles. The van der Waals surface area contributed by atoms with E-state index >= 15 is 0 Å². The summed E-state index contributed by atoms with van der Waals surface area (Å²) in [6.45, 7) is 0. The van der Waals surface area contributed by atoms with Crippen molar-refractivity contribution in [2.24, 2.45) is 0 Å². The lowest BCUT2D eigenvalue weighted by molar-refractivity contribution is 0.0607. The van der Waals surface area contributed by atoms with E-state index in [4.69, 9.17) is 0 Å². The van der Waals surface area contributed by atoms with Crippen molar-refractivity contribution < 1.29 is 14.3 Å². The summed E-state index contributed by atoms with van der Waals surface area (Å²) in [4.78, 5) is 24.2. The van der Waals surface area contributed by atoms with Crippen molar-refractivity contribution in [2.45, 2.75) is 0 Å². The average Bonchev–Trinajstić information content (AvgIpc) is 3.12. The number of methoxy groups -OCH3 is 1. The van der Waals surface area contributed by atoms with Gasteiger partial charge in [0.2, 0.25) is 0 Å². The van der Waals surface area contributed by atoms with Crippen LogP contribution >= 0.6 is 11.3 Å². The minimum absolute atomic E-state index is 0.349. The van der Waals surface area contributed by atoms with Crippen LogP contribution in [0.3, 0.4) is 0 Å². The summed E-state index contributed by atoms with van der Waals surface area (Å²) in [5, 5.41) is 9.31. The Kier molecular flexibility index (Phi) is 3.41. The largest absolute Gasteiger partial charge is 0.465 e. The van der Waals surface area contributed by atoms with Crippen LogP contribution < -0.4 is 5.32 Å². The highest BCUT2D eigenvalue weighted by Gasteiger charge is 2.17. The number of hydrogen-bond acceptors (Lipinski definition) is 5. The monoisotopic (exact) mass is 301 g/mol. The summed E-state index contributed by atoms with van der Waals surface area (Å²) in [5.74, 6) is -0.481. The van der Waals surface area contributed by atoms with Gasteiger partial charge in [0.25, 0.3) is 0 Å². The minimum atomic E-state index is -0.481. The van der Waals surface area contributed by atoms with Crippen molar-refractivity contribution in [1.82, 2.24) is 9.78 Å². The number of thiophene rings is 1. The molecule has 2 heterocycles. The van der Waals surface area contributed by atoms with Gasteiger partial charge in [-0.2, -0.15) is 9.78 Å². The Morgan fingerprint density at radius 2 is 2.10 bits per heavy atom. The predicted octanol–water partition coefficient (Wildman–Crippen LogP) is 2.96. The quantitative estimate of drug-likeness (QED) is 0.739. The van der Waals surface area contributed by atoms with Gasteiger partial charge in [0, 0.05) is 5.39 Å². The minimum Gasteiger partial charge on any atom is -0.465 e. The standard InChI is InChI=1S/C14H11N3O3S/c1-20-13(18)12-10(6-7-21-12)16-14(19)17-11-5-3-2-4-9(11)8-15-17/h2-8H,1H3,(H,16,19). The second kappa shape index (κ2) is 5.37. The van der Waals surface area contributed by atoms with Crippen LogP contribution in [-0.2, 0) is 4.74 Å². The number of anilines is 1. The van der Waals surface area contributed by atoms with Gasteiger partial charge in [0.1, 0.15) is 4.88 Å². The number of amides is 1. The Morgan fingerprint density at radius 3 is 2.90 bits per heavy atom. The van der Waals surface area contributed by atoms with Crippen LogP contribution in [0.5, 0.6) is 0 Å². The number of aromatic nitrogens is 2. The Morgan fingerprint density at radius 1 is 1.29 bits per heavy atom. The molecule has 0 atom stereocenters. The van der Waals surface area contributed by atoms with Crippen LogP contribution in [0.4, 0.5) is 10.5 Å². The van der Waals surface area contributed by atoms with Crippen LogP contribution in [0.25, 0.3) is 10.9 Å². The molecule has 0 aliphatic rings. The molecule has 106 valence electrons. The summed E-state index contributed by atoms with van der Waals surface area (Å²) in [5.41, 5.74) is 1.11. The van der Waals surface area contributed by atoms with E-state index in [0.29, 0.717) is 16.1 Å². The van der Waals surface area contributed by atoms with Crippen molar-refractivity contribution in [3.05, 3.63) is 46.8 Å². The fraction of sp³-hybridized carbons (Fsp3) is 0.0714. The van der Waals surface area contributed by atoms with Crippen LogP contribution in [0, 0.1) is 0 Å². The van der Waals surface area contributed by atoms with Gasteiger partial charge < -0.3 is 10.1 Å². The van der Waals surface area contributed by atoms with Crippen molar-refractivity contribution >= 4 is 39.9 Å². The fourth-order valence-electron chi connectivity index (χ4n) is 1.96. The third kappa shape index (κ3) is 2.38. The molecule has 1 N–H and O–H groups in total. The number of nitrogens with zero attached hydrogens (tertiary/aromatic N) is 2. The van der Waals surface area contributed by atoms with E-state index < -0.39 is 12.0 Å². The van der Waals surface area contributed by atoms with E-state index in [0.717, 1.165) is 5.39 Å². The molecule has 0 radical (unpaired) electrons. The van der Waals surface area contributed by atoms with E-state index in [1.807, 2.05) is 18.2 Å². The first kappa shape index (κ1) is 13.3. The predicted molar refractivity (Wildman–Crippen MR) is 79.8 cm³/mol. The van der Waals surface area contributed by atoms with Crippen LogP contribution in [0.2, 0.25) is 0 Å². The summed E-state index contributed by atoms with van der Waals surface area (Å²) in [7, 11) is 1.30. The van der Waals surface area contributed by atoms with E-state index in [-0.39, 0.29) is 0 Å². The molecule has 0 bridgehead atoms. The fourth-order valence-corrected chi connectivity index (χ4v) is 2.73. The second-order valence-corrected chi connectivity index (χ2v) is 5.12. The molecule has 0 fully saturated rings. The number of nitrogens with one attached hydrogen (secondary N) is 1. The highest BCUT2D eigenvalue weighted by Crippen LogP contribution is 2.23. The number of ether oxygens (including phenoxy) is 1. The van der Waals surface area contributed by atoms with E-state index in [9.17, 15) is 9.59 Å². The van der Waals surface area contributed by atoms with Gasteiger partial charge in [-0.15, -0.1) is 11.3 Å². The third-order valence-corrected chi connectivity index (χ3v) is 3.84. The van der Waals surface area contributed by atoms with E-state index in [2.05, 4.69) is 15.2 Å². The smallest absolute Gasteiger partial charge is 0.350 e. The number of rotatable bonds is 2. The number of hydrogen-bond donors (Lipinski definition) is 1. The van der Waals surface area contributed by atoms with Gasteiger partial charge in [-0.25, -0.2) is 9.59 Å². The molecule has 0 aliphatic heterocycles. The highest BCUT2D eigenvalue weighted by atomic mass is 32.1. The SMILES string of the molecule is COC(=O)c1sccc1NC(=O)n1ncc2ccccc21. The van der Waals surface area contributed by atoms with Gasteiger partial charge in [0.15, 0.2) is 0 Å². The average molecular weight is 301 g/mol. The normalized spacial score (nSPS) is 10.5. The van der Waals surface area contributed by atoms with Gasteiger partial charge >= 0.3 is 12.0 Å². The van der Waals surface area contributed by atoms with Gasteiger partial charge in [-0.05, 0) is 17.5 Å². The first-order valence-electron chi connectivity index (χ1n) is 6.10. The second-order valence-electron chi connectivity index (χ2n) is 4.20. The van der Waals surface area contributed by atoms with Crippen LogP contribution in [-0.4, -0.2) is 28.9 Å². The van der Waals surface area contributed by atoms with E-state index in [1.165, 1.54) is 23.1 Å². The van der Waals surface area contributed by atoms with Crippen molar-refractivity contribution in [3.8, 4) is 0 Å². The topological polar surface area (TPSA) is 73.2 Å². The van der Waals surface area contributed by atoms with Crippen LogP contribution in [0.1, 0.15) is 9.67 Å². The molecule has 7 heteroatoms. The molecule has 0 spiro atoms. The maximum absolute atomic E-state index is 12.3. The lowest BCUT2D eigenvalue weighted by Gasteiger charge is -2.06. The molecule has 2 aromatic heterocycles. The Balaban J connectivity index is 1.90. The molecule has 21 heavy (non-hydrogen) atoms. The molecular weight excluding hydrogens is 290 g/mol. The molecule has 0 saturated heterocycles. The summed E-state index contributed by atoms with van der Waals surface area (Å²) in [6, 6.07) is 8.60. The first-order valence-corrected chi connectivity index (χ1v) is 6.98. The maximum Gasteiger partial charge on any atom is 0.350 e. The highest BCUT2D eigenvalue weighted by molar-refractivity contribution is 7.12. The molecule has 6 nitrogen and oxygen atoms in total. The number of benzene rings is 1. The van der Waals surface area contributed by atoms with Crippen molar-refractivity contribution in [2.75, 3.05) is 12.4 Å². The molecular formula is C14H11N3O3S. The van der Waals surface area contributed by atoms with Gasteiger partial charge in [0.05, 0.1) is 24.5 Å². The van der Waals surface area contributed by atoms with Gasteiger partial charge in [-0.3, -0.25) is 0 Å². The molecule has 1 amide bonds. The number of fused-ring (bicyclic) bond motifs is 1. The summed E-state index contributed by atoms with van der Waals surface area (Å²) in [6.07, 6.45) is 1.61. The lowest BCUT2D eigenvalue weighted by atomic mass is 10.3. The lowest BCUT2D eigenvalue weighted by Crippen LogP contribution is -2.21. The Bertz CT molecular complexity index is 822. The number of para-hydroxylation sites is 1. The zero-order valence-corrected chi connectivity index (χ0v) is 11.9. The molecule has 0 unspecified atom stereocenters. The third-order valence-electron chi connectivity index (χ3n) is 2.95. The summed E-state index contributed by atoms with van der Waals surface area (Å²) < 4.78 is 5.93.